The van der Waals surface area contributed by atoms with E-state index in [0.717, 1.165) is 28.2 Å². The number of ether oxygens (including phenoxy) is 1. The van der Waals surface area contributed by atoms with Gasteiger partial charge in [-0.2, -0.15) is 0 Å². The van der Waals surface area contributed by atoms with Crippen molar-refractivity contribution in [3.63, 3.8) is 0 Å². The lowest BCUT2D eigenvalue weighted by Crippen LogP contribution is -2.24. The van der Waals surface area contributed by atoms with Gasteiger partial charge in [-0.05, 0) is 41.3 Å². The number of esters is 1. The standard InChI is InChI=1S/C17H15N3O4S2/c1-24-17(21)16-15(5-9-25-16)26(22,23)20-11-12-2-8-19-14(10-12)13-3-6-18-7-4-13/h2-10,20H,11H2,1H3. The minimum Gasteiger partial charge on any atom is -0.465 e. The summed E-state index contributed by atoms with van der Waals surface area (Å²) >= 11 is 1.02. The number of carbonyl (C=O) groups is 1. The first-order valence-corrected chi connectivity index (χ1v) is 9.88. The van der Waals surface area contributed by atoms with E-state index < -0.39 is 16.0 Å². The second-order valence-electron chi connectivity index (χ2n) is 5.22. The molecule has 3 aromatic rings. The van der Waals surface area contributed by atoms with Crippen molar-refractivity contribution in [1.29, 1.82) is 0 Å². The van der Waals surface area contributed by atoms with Crippen molar-refractivity contribution in [3.8, 4) is 11.3 Å². The molecule has 0 bridgehead atoms. The number of pyridine rings is 2. The van der Waals surface area contributed by atoms with E-state index in [9.17, 15) is 13.2 Å². The van der Waals surface area contributed by atoms with E-state index in [1.165, 1.54) is 18.6 Å². The zero-order valence-electron chi connectivity index (χ0n) is 13.7. The smallest absolute Gasteiger partial charge is 0.349 e. The maximum Gasteiger partial charge on any atom is 0.349 e. The fourth-order valence-electron chi connectivity index (χ4n) is 2.27. The van der Waals surface area contributed by atoms with Crippen LogP contribution in [0.3, 0.4) is 0 Å². The van der Waals surface area contributed by atoms with Crippen LogP contribution in [-0.2, 0) is 21.3 Å². The molecule has 0 saturated heterocycles. The summed E-state index contributed by atoms with van der Waals surface area (Å²) in [6.07, 6.45) is 4.94. The lowest BCUT2D eigenvalue weighted by atomic mass is 10.1. The number of nitrogens with zero attached hydrogens (tertiary/aromatic N) is 2. The molecule has 134 valence electrons. The molecule has 0 aliphatic carbocycles. The molecule has 0 aliphatic rings. The quantitative estimate of drug-likeness (QED) is 0.651. The van der Waals surface area contributed by atoms with Crippen molar-refractivity contribution in [3.05, 3.63) is 64.7 Å². The number of hydrogen-bond donors (Lipinski definition) is 1. The maximum absolute atomic E-state index is 12.5. The fourth-order valence-corrected chi connectivity index (χ4v) is 4.62. The van der Waals surface area contributed by atoms with Gasteiger partial charge in [0.25, 0.3) is 0 Å². The van der Waals surface area contributed by atoms with Gasteiger partial charge in [-0.3, -0.25) is 9.97 Å². The molecule has 3 rings (SSSR count). The van der Waals surface area contributed by atoms with Crippen LogP contribution in [0.1, 0.15) is 15.2 Å². The summed E-state index contributed by atoms with van der Waals surface area (Å²) in [6, 6.07) is 8.55. The van der Waals surface area contributed by atoms with Crippen LogP contribution in [0.15, 0.2) is 59.2 Å². The van der Waals surface area contributed by atoms with Gasteiger partial charge in [0.15, 0.2) is 0 Å². The van der Waals surface area contributed by atoms with Crippen LogP contribution in [0.5, 0.6) is 0 Å². The molecule has 0 aliphatic heterocycles. The molecule has 0 unspecified atom stereocenters. The highest BCUT2D eigenvalue weighted by molar-refractivity contribution is 7.89. The molecule has 0 aromatic carbocycles. The number of nitrogens with one attached hydrogen (secondary N) is 1. The number of sulfonamides is 1. The normalized spacial score (nSPS) is 11.3. The first kappa shape index (κ1) is 18.2. The Bertz CT molecular complexity index is 1020. The largest absolute Gasteiger partial charge is 0.465 e. The zero-order valence-corrected chi connectivity index (χ0v) is 15.4. The molecule has 9 heteroatoms. The number of carbonyl (C=O) groups excluding carboxylic acids is 1. The van der Waals surface area contributed by atoms with Crippen LogP contribution < -0.4 is 4.72 Å². The van der Waals surface area contributed by atoms with Gasteiger partial charge in [-0.1, -0.05) is 0 Å². The lowest BCUT2D eigenvalue weighted by Gasteiger charge is -2.08. The van der Waals surface area contributed by atoms with E-state index >= 15 is 0 Å². The molecule has 7 nitrogen and oxygen atoms in total. The zero-order chi connectivity index (χ0) is 18.6. The minimum atomic E-state index is -3.85. The number of hydrogen-bond acceptors (Lipinski definition) is 7. The molecule has 26 heavy (non-hydrogen) atoms. The Labute approximate surface area is 154 Å². The van der Waals surface area contributed by atoms with Crippen LogP contribution in [0.4, 0.5) is 0 Å². The van der Waals surface area contributed by atoms with Crippen molar-refractivity contribution in [2.24, 2.45) is 0 Å². The summed E-state index contributed by atoms with van der Waals surface area (Å²) in [5, 5.41) is 1.54. The number of methoxy groups -OCH3 is 1. The predicted molar refractivity (Wildman–Crippen MR) is 97.2 cm³/mol. The van der Waals surface area contributed by atoms with Gasteiger partial charge in [0.1, 0.15) is 9.77 Å². The molecule has 1 N–H and O–H groups in total. The highest BCUT2D eigenvalue weighted by Crippen LogP contribution is 2.23. The molecule has 3 aromatic heterocycles. The van der Waals surface area contributed by atoms with Crippen LogP contribution in [0, 0.1) is 0 Å². The van der Waals surface area contributed by atoms with Gasteiger partial charge in [0.2, 0.25) is 10.0 Å². The summed E-state index contributed by atoms with van der Waals surface area (Å²) in [5.41, 5.74) is 2.34. The van der Waals surface area contributed by atoms with Gasteiger partial charge in [0.05, 0.1) is 12.8 Å². The van der Waals surface area contributed by atoms with Crippen molar-refractivity contribution in [2.45, 2.75) is 11.4 Å². The Morgan fingerprint density at radius 1 is 1.19 bits per heavy atom. The van der Waals surface area contributed by atoms with Gasteiger partial charge in [0, 0.05) is 30.7 Å². The Kier molecular flexibility index (Phi) is 5.40. The second kappa shape index (κ2) is 7.73. The Balaban J connectivity index is 1.79. The SMILES string of the molecule is COC(=O)c1sccc1S(=O)(=O)NCc1ccnc(-c2ccncc2)c1. The van der Waals surface area contributed by atoms with E-state index in [4.69, 9.17) is 0 Å². The first-order valence-electron chi connectivity index (χ1n) is 7.52. The first-order chi connectivity index (χ1) is 12.5. The van der Waals surface area contributed by atoms with Gasteiger partial charge in [-0.15, -0.1) is 11.3 Å². The van der Waals surface area contributed by atoms with Gasteiger partial charge < -0.3 is 4.74 Å². The molecule has 0 fully saturated rings. The summed E-state index contributed by atoms with van der Waals surface area (Å²) in [5.74, 6) is -0.677. The molecule has 0 saturated carbocycles. The Hall–Kier alpha value is -2.62. The van der Waals surface area contributed by atoms with Gasteiger partial charge in [-0.25, -0.2) is 17.9 Å². The lowest BCUT2D eigenvalue weighted by molar-refractivity contribution is 0.0602. The highest BCUT2D eigenvalue weighted by Gasteiger charge is 2.24. The topological polar surface area (TPSA) is 98.2 Å². The van der Waals surface area contributed by atoms with E-state index in [-0.39, 0.29) is 16.3 Å². The minimum absolute atomic E-state index is 0.0483. The summed E-state index contributed by atoms with van der Waals surface area (Å²) in [7, 11) is -2.64. The van der Waals surface area contributed by atoms with E-state index in [0.29, 0.717) is 0 Å². The average molecular weight is 389 g/mol. The summed E-state index contributed by atoms with van der Waals surface area (Å²) in [4.78, 5) is 19.9. The molecule has 3 heterocycles. The summed E-state index contributed by atoms with van der Waals surface area (Å²) < 4.78 is 32.2. The predicted octanol–water partition coefficient (Wildman–Crippen LogP) is 2.47. The third-order valence-corrected chi connectivity index (χ3v) is 6.02. The van der Waals surface area contributed by atoms with Crippen LogP contribution in [0.2, 0.25) is 0 Å². The van der Waals surface area contributed by atoms with Crippen molar-refractivity contribution in [2.75, 3.05) is 7.11 Å². The van der Waals surface area contributed by atoms with Crippen molar-refractivity contribution in [1.82, 2.24) is 14.7 Å². The number of aromatic nitrogens is 2. The third-order valence-electron chi connectivity index (χ3n) is 3.56. The van der Waals surface area contributed by atoms with E-state index in [2.05, 4.69) is 19.4 Å². The van der Waals surface area contributed by atoms with Crippen LogP contribution >= 0.6 is 11.3 Å². The van der Waals surface area contributed by atoms with Gasteiger partial charge >= 0.3 is 5.97 Å². The van der Waals surface area contributed by atoms with E-state index in [1.54, 1.807) is 30.7 Å². The molecular weight excluding hydrogens is 374 g/mol. The highest BCUT2D eigenvalue weighted by atomic mass is 32.2. The molecule has 0 amide bonds. The monoisotopic (exact) mass is 389 g/mol. The van der Waals surface area contributed by atoms with Crippen LogP contribution in [-0.4, -0.2) is 31.5 Å². The molecule has 0 atom stereocenters. The van der Waals surface area contributed by atoms with E-state index in [1.807, 2.05) is 12.1 Å². The Morgan fingerprint density at radius 2 is 1.96 bits per heavy atom. The van der Waals surface area contributed by atoms with Crippen molar-refractivity contribution >= 4 is 27.3 Å². The molecular formula is C17H15N3O4S2. The summed E-state index contributed by atoms with van der Waals surface area (Å²) in [6.45, 7) is 0.0688. The fraction of sp³-hybridized carbons (Fsp3) is 0.118. The second-order valence-corrected chi connectivity index (χ2v) is 7.87. The maximum atomic E-state index is 12.5. The average Bonchev–Trinajstić information content (AvgIpc) is 3.18. The molecule has 0 spiro atoms. The van der Waals surface area contributed by atoms with Crippen molar-refractivity contribution < 1.29 is 17.9 Å². The molecule has 0 radical (unpaired) electrons. The Morgan fingerprint density at radius 3 is 2.69 bits per heavy atom. The third kappa shape index (κ3) is 3.96. The number of thiophene rings is 1. The number of rotatable bonds is 6. The van der Waals surface area contributed by atoms with Crippen LogP contribution in [0.25, 0.3) is 11.3 Å².